The number of esters is 1. The average molecular weight is 414 g/mol. The molecule has 0 spiro atoms. The van der Waals surface area contributed by atoms with Crippen LogP contribution in [0.4, 0.5) is 0 Å². The number of amidine groups is 1. The van der Waals surface area contributed by atoms with Crippen molar-refractivity contribution in [2.24, 2.45) is 4.99 Å². The fourth-order valence-corrected chi connectivity index (χ4v) is 4.21. The van der Waals surface area contributed by atoms with Crippen LogP contribution in [0.25, 0.3) is 0 Å². The molecule has 1 atom stereocenters. The summed E-state index contributed by atoms with van der Waals surface area (Å²) in [6.45, 7) is 3.60. The number of carbonyl (C=O) groups excluding carboxylic acids is 2. The van der Waals surface area contributed by atoms with Gasteiger partial charge < -0.3 is 4.74 Å². The molecular weight excluding hydrogens is 392 g/mol. The van der Waals surface area contributed by atoms with Gasteiger partial charge in [0.05, 0.1) is 17.9 Å². The van der Waals surface area contributed by atoms with Crippen molar-refractivity contribution < 1.29 is 22.7 Å². The maximum atomic E-state index is 12.4. The number of nitrogens with one attached hydrogen (secondary N) is 1. The van der Waals surface area contributed by atoms with Crippen LogP contribution in [0.3, 0.4) is 0 Å². The number of nitrogens with zero attached hydrogens (tertiary/aromatic N) is 1. The summed E-state index contributed by atoms with van der Waals surface area (Å²) < 4.78 is 31.6. The number of carbonyl (C=O) groups is 2. The molecule has 0 radical (unpaired) electrons. The number of ether oxygens (including phenoxy) is 1. The third-order valence-electron chi connectivity index (χ3n) is 4.57. The van der Waals surface area contributed by atoms with Crippen molar-refractivity contribution >= 4 is 27.6 Å². The lowest BCUT2D eigenvalue weighted by Crippen LogP contribution is -2.25. The Morgan fingerprint density at radius 3 is 2.48 bits per heavy atom. The summed E-state index contributed by atoms with van der Waals surface area (Å²) in [7, 11) is -3.61. The minimum atomic E-state index is -3.61. The van der Waals surface area contributed by atoms with E-state index in [1.165, 1.54) is 13.0 Å². The zero-order valence-corrected chi connectivity index (χ0v) is 17.0. The number of sulfonamides is 1. The maximum absolute atomic E-state index is 12.4. The molecule has 7 nitrogen and oxygen atoms in total. The molecule has 0 saturated heterocycles. The lowest BCUT2D eigenvalue weighted by molar-refractivity contribution is -0.146. The molecule has 1 heterocycles. The number of hydrogen-bond acceptors (Lipinski definition) is 6. The molecule has 0 bridgehead atoms. The molecule has 3 rings (SSSR count). The van der Waals surface area contributed by atoms with Gasteiger partial charge in [0.15, 0.2) is 6.10 Å². The minimum absolute atomic E-state index is 0.0388. The Kier molecular flexibility index (Phi) is 6.12. The van der Waals surface area contributed by atoms with Gasteiger partial charge >= 0.3 is 5.97 Å². The van der Waals surface area contributed by atoms with Crippen molar-refractivity contribution in [2.45, 2.75) is 37.7 Å². The Morgan fingerprint density at radius 1 is 1.10 bits per heavy atom. The number of ketones is 1. The van der Waals surface area contributed by atoms with Crippen molar-refractivity contribution in [2.75, 3.05) is 6.54 Å². The standard InChI is InChI=1S/C21H22N2O5S/c1-3-15-8-10-16(11-9-15)20(25)14(2)28-19(24)12-13-22-21-17-6-4-5-7-18(17)29(26,27)23-21/h4-11,14H,3,12-13H2,1-2H3,(H,22,23)/t14-/m1/s1. The zero-order valence-electron chi connectivity index (χ0n) is 16.2. The van der Waals surface area contributed by atoms with E-state index in [0.29, 0.717) is 11.1 Å². The van der Waals surface area contributed by atoms with Gasteiger partial charge in [-0.1, -0.05) is 43.3 Å². The summed E-state index contributed by atoms with van der Waals surface area (Å²) in [5.41, 5.74) is 2.08. The number of fused-ring (bicyclic) bond motifs is 1. The molecule has 0 aromatic heterocycles. The van der Waals surface area contributed by atoms with Crippen LogP contribution in [-0.2, 0) is 26.0 Å². The van der Waals surface area contributed by atoms with Crippen LogP contribution < -0.4 is 4.72 Å². The third kappa shape index (κ3) is 4.71. The molecule has 2 aromatic rings. The predicted octanol–water partition coefficient (Wildman–Crippen LogP) is 2.49. The summed E-state index contributed by atoms with van der Waals surface area (Å²) in [4.78, 5) is 28.8. The number of hydrogen-bond donors (Lipinski definition) is 1. The SMILES string of the molecule is CCc1ccc(C(=O)[C@@H](C)OC(=O)CCN=C2NS(=O)(=O)c3ccccc32)cc1. The number of rotatable bonds is 7. The predicted molar refractivity (Wildman–Crippen MR) is 108 cm³/mol. The molecule has 0 aliphatic carbocycles. The quantitative estimate of drug-likeness (QED) is 0.554. The van der Waals surface area contributed by atoms with Crippen molar-refractivity contribution in [3.63, 3.8) is 0 Å². The molecule has 8 heteroatoms. The second kappa shape index (κ2) is 8.57. The second-order valence-corrected chi connectivity index (χ2v) is 8.28. The van der Waals surface area contributed by atoms with Crippen LogP contribution in [0.15, 0.2) is 58.4 Å². The lowest BCUT2D eigenvalue weighted by Gasteiger charge is -2.12. The van der Waals surface area contributed by atoms with Crippen LogP contribution >= 0.6 is 0 Å². The monoisotopic (exact) mass is 414 g/mol. The van der Waals surface area contributed by atoms with E-state index in [1.54, 1.807) is 30.3 Å². The Morgan fingerprint density at radius 2 is 1.79 bits per heavy atom. The summed E-state index contributed by atoms with van der Waals surface area (Å²) in [6, 6.07) is 13.7. The molecule has 152 valence electrons. The van der Waals surface area contributed by atoms with Gasteiger partial charge in [-0.3, -0.25) is 19.3 Å². The Hall–Kier alpha value is -3.00. The first-order valence-electron chi connectivity index (χ1n) is 9.31. The van der Waals surface area contributed by atoms with E-state index in [-0.39, 0.29) is 29.5 Å². The van der Waals surface area contributed by atoms with E-state index in [1.807, 2.05) is 19.1 Å². The van der Waals surface area contributed by atoms with Crippen LogP contribution in [0.1, 0.15) is 41.8 Å². The van der Waals surface area contributed by atoms with Crippen molar-refractivity contribution in [1.29, 1.82) is 0 Å². The lowest BCUT2D eigenvalue weighted by atomic mass is 10.0. The van der Waals surface area contributed by atoms with Gasteiger partial charge in [0.2, 0.25) is 5.78 Å². The van der Waals surface area contributed by atoms with E-state index < -0.39 is 22.1 Å². The maximum Gasteiger partial charge on any atom is 0.308 e. The molecule has 1 aliphatic heterocycles. The first-order chi connectivity index (χ1) is 13.8. The minimum Gasteiger partial charge on any atom is -0.454 e. The molecule has 0 fully saturated rings. The highest BCUT2D eigenvalue weighted by Crippen LogP contribution is 2.22. The number of benzene rings is 2. The van der Waals surface area contributed by atoms with Crippen LogP contribution in [0.5, 0.6) is 0 Å². The van der Waals surface area contributed by atoms with Gasteiger partial charge in [-0.15, -0.1) is 0 Å². The molecule has 1 aliphatic rings. The van der Waals surface area contributed by atoms with Gasteiger partial charge in [0.25, 0.3) is 10.0 Å². The Balaban J connectivity index is 1.56. The average Bonchev–Trinajstić information content (AvgIpc) is 2.98. The summed E-state index contributed by atoms with van der Waals surface area (Å²) in [5, 5.41) is 0. The van der Waals surface area contributed by atoms with E-state index in [2.05, 4.69) is 9.71 Å². The van der Waals surface area contributed by atoms with Gasteiger partial charge in [-0.2, -0.15) is 0 Å². The van der Waals surface area contributed by atoms with Crippen molar-refractivity contribution in [3.8, 4) is 0 Å². The number of Topliss-reactive ketones (excluding diaryl/α,β-unsaturated/α-hetero) is 1. The molecule has 2 aromatic carbocycles. The normalized spacial score (nSPS) is 16.7. The first kappa shape index (κ1) is 20.7. The topological polar surface area (TPSA) is 102 Å². The summed E-state index contributed by atoms with van der Waals surface area (Å²) in [6.07, 6.45) is -0.101. The van der Waals surface area contributed by atoms with Gasteiger partial charge in [0.1, 0.15) is 5.84 Å². The molecular formula is C21H22N2O5S. The highest BCUT2D eigenvalue weighted by molar-refractivity contribution is 7.90. The van der Waals surface area contributed by atoms with Crippen molar-refractivity contribution in [3.05, 3.63) is 65.2 Å². The number of aliphatic imine (C=N–C) groups is 1. The van der Waals surface area contributed by atoms with Gasteiger partial charge in [-0.05, 0) is 31.0 Å². The van der Waals surface area contributed by atoms with E-state index in [0.717, 1.165) is 12.0 Å². The van der Waals surface area contributed by atoms with Gasteiger partial charge in [0, 0.05) is 11.1 Å². The largest absolute Gasteiger partial charge is 0.454 e. The molecule has 29 heavy (non-hydrogen) atoms. The zero-order chi connectivity index (χ0) is 21.0. The molecule has 0 saturated carbocycles. The Labute approximate surface area is 169 Å². The van der Waals surface area contributed by atoms with Gasteiger partial charge in [-0.25, -0.2) is 8.42 Å². The van der Waals surface area contributed by atoms with E-state index >= 15 is 0 Å². The second-order valence-electron chi connectivity index (χ2n) is 6.63. The van der Waals surface area contributed by atoms with Crippen molar-refractivity contribution in [1.82, 2.24) is 4.72 Å². The summed E-state index contributed by atoms with van der Waals surface area (Å²) in [5.74, 6) is -0.646. The van der Waals surface area contributed by atoms with E-state index in [9.17, 15) is 18.0 Å². The smallest absolute Gasteiger partial charge is 0.308 e. The number of aryl methyl sites for hydroxylation is 1. The highest BCUT2D eigenvalue weighted by atomic mass is 32.2. The van der Waals surface area contributed by atoms with Crippen LogP contribution in [-0.4, -0.2) is 38.7 Å². The van der Waals surface area contributed by atoms with E-state index in [4.69, 9.17) is 4.74 Å². The molecule has 0 unspecified atom stereocenters. The fourth-order valence-electron chi connectivity index (χ4n) is 2.96. The summed E-state index contributed by atoms with van der Waals surface area (Å²) >= 11 is 0. The first-order valence-corrected chi connectivity index (χ1v) is 10.8. The Bertz CT molecular complexity index is 1060. The molecule has 0 amide bonds. The third-order valence-corrected chi connectivity index (χ3v) is 5.97. The van der Waals surface area contributed by atoms with Crippen LogP contribution in [0.2, 0.25) is 0 Å². The highest BCUT2D eigenvalue weighted by Gasteiger charge is 2.30. The van der Waals surface area contributed by atoms with Crippen LogP contribution in [0, 0.1) is 0 Å². The molecule has 1 N–H and O–H groups in total. The fraction of sp³-hybridized carbons (Fsp3) is 0.286.